The highest BCUT2D eigenvalue weighted by Crippen LogP contribution is 2.19. The molecule has 2 heterocycles. The first-order valence-electron chi connectivity index (χ1n) is 7.25. The van der Waals surface area contributed by atoms with Crippen LogP contribution in [0.5, 0.6) is 0 Å². The van der Waals surface area contributed by atoms with Crippen LogP contribution < -0.4 is 10.9 Å². The van der Waals surface area contributed by atoms with E-state index in [1.54, 1.807) is 0 Å². The Bertz CT molecular complexity index is 985. The van der Waals surface area contributed by atoms with Gasteiger partial charge in [-0.25, -0.2) is 4.98 Å². The molecule has 6 heteroatoms. The van der Waals surface area contributed by atoms with E-state index in [1.807, 2.05) is 45.9 Å². The fourth-order valence-corrected chi connectivity index (χ4v) is 3.32. The SMILES string of the molecule is Cc1ccc(C)c(NC(=O)c2cnc3sc(C)c(C)n3c2=O)c1. The topological polar surface area (TPSA) is 63.5 Å². The molecule has 5 nitrogen and oxygen atoms in total. The van der Waals surface area contributed by atoms with E-state index in [4.69, 9.17) is 0 Å². The second-order valence-corrected chi connectivity index (χ2v) is 6.79. The average Bonchev–Trinajstić information content (AvgIpc) is 2.79. The lowest BCUT2D eigenvalue weighted by Gasteiger charge is -2.09. The van der Waals surface area contributed by atoms with Crippen molar-refractivity contribution in [2.24, 2.45) is 0 Å². The zero-order valence-corrected chi connectivity index (χ0v) is 14.2. The second-order valence-electron chi connectivity index (χ2n) is 5.61. The summed E-state index contributed by atoms with van der Waals surface area (Å²) < 4.78 is 1.50. The molecule has 0 spiro atoms. The van der Waals surface area contributed by atoms with Crippen LogP contribution in [0.3, 0.4) is 0 Å². The van der Waals surface area contributed by atoms with Crippen molar-refractivity contribution >= 4 is 27.9 Å². The minimum atomic E-state index is -0.436. The van der Waals surface area contributed by atoms with Crippen molar-refractivity contribution in [2.45, 2.75) is 27.7 Å². The molecular weight excluding hydrogens is 310 g/mol. The first-order valence-corrected chi connectivity index (χ1v) is 8.06. The Morgan fingerprint density at radius 1 is 1.22 bits per heavy atom. The maximum Gasteiger partial charge on any atom is 0.271 e. The molecule has 0 radical (unpaired) electrons. The van der Waals surface area contributed by atoms with Gasteiger partial charge in [0.05, 0.1) is 0 Å². The molecule has 1 N–H and O–H groups in total. The van der Waals surface area contributed by atoms with E-state index >= 15 is 0 Å². The zero-order valence-electron chi connectivity index (χ0n) is 13.4. The molecule has 0 atom stereocenters. The third-order valence-electron chi connectivity index (χ3n) is 3.90. The van der Waals surface area contributed by atoms with Crippen molar-refractivity contribution < 1.29 is 4.79 Å². The van der Waals surface area contributed by atoms with Gasteiger partial charge in [0.25, 0.3) is 11.5 Å². The first-order chi connectivity index (χ1) is 10.9. The number of hydrogen-bond donors (Lipinski definition) is 1. The number of aromatic nitrogens is 2. The van der Waals surface area contributed by atoms with Crippen LogP contribution in [-0.2, 0) is 0 Å². The number of aryl methyl sites for hydroxylation is 4. The van der Waals surface area contributed by atoms with Crippen molar-refractivity contribution in [3.05, 3.63) is 62.0 Å². The number of nitrogens with zero attached hydrogens (tertiary/aromatic N) is 2. The molecule has 1 aromatic carbocycles. The molecule has 0 aliphatic heterocycles. The predicted octanol–water partition coefficient (Wildman–Crippen LogP) is 3.24. The first kappa shape index (κ1) is 15.4. The van der Waals surface area contributed by atoms with Crippen LogP contribution in [0.4, 0.5) is 5.69 Å². The van der Waals surface area contributed by atoms with Crippen LogP contribution in [-0.4, -0.2) is 15.3 Å². The highest BCUT2D eigenvalue weighted by Gasteiger charge is 2.17. The fourth-order valence-electron chi connectivity index (χ4n) is 2.39. The third kappa shape index (κ3) is 2.66. The van der Waals surface area contributed by atoms with Gasteiger partial charge in [-0.15, -0.1) is 11.3 Å². The van der Waals surface area contributed by atoms with Gasteiger partial charge in [-0.1, -0.05) is 12.1 Å². The number of nitrogens with one attached hydrogen (secondary N) is 1. The number of anilines is 1. The summed E-state index contributed by atoms with van der Waals surface area (Å²) >= 11 is 1.44. The maximum atomic E-state index is 12.6. The van der Waals surface area contributed by atoms with Gasteiger partial charge in [-0.2, -0.15) is 0 Å². The van der Waals surface area contributed by atoms with Gasteiger partial charge < -0.3 is 5.32 Å². The van der Waals surface area contributed by atoms with E-state index in [0.29, 0.717) is 10.6 Å². The molecule has 0 aliphatic carbocycles. The number of thiazole rings is 1. The molecule has 0 fully saturated rings. The largest absolute Gasteiger partial charge is 0.322 e. The highest BCUT2D eigenvalue weighted by molar-refractivity contribution is 7.17. The van der Waals surface area contributed by atoms with E-state index in [9.17, 15) is 9.59 Å². The summed E-state index contributed by atoms with van der Waals surface area (Å²) in [7, 11) is 0. The molecule has 0 aliphatic rings. The monoisotopic (exact) mass is 327 g/mol. The Morgan fingerprint density at radius 2 is 1.96 bits per heavy atom. The van der Waals surface area contributed by atoms with E-state index in [-0.39, 0.29) is 11.1 Å². The molecule has 0 saturated heterocycles. The minimum Gasteiger partial charge on any atom is -0.322 e. The molecule has 1 amide bonds. The van der Waals surface area contributed by atoms with Gasteiger partial charge in [0.1, 0.15) is 5.56 Å². The quantitative estimate of drug-likeness (QED) is 0.786. The van der Waals surface area contributed by atoms with Crippen LogP contribution in [0.25, 0.3) is 4.96 Å². The molecule has 0 saturated carbocycles. The standard InChI is InChI=1S/C17H17N3O2S/c1-9-5-6-10(2)14(7-9)19-15(21)13-8-18-17-20(16(13)22)11(3)12(4)23-17/h5-8H,1-4H3,(H,19,21). The summed E-state index contributed by atoms with van der Waals surface area (Å²) in [5, 5.41) is 2.81. The lowest BCUT2D eigenvalue weighted by Crippen LogP contribution is -2.27. The van der Waals surface area contributed by atoms with Crippen molar-refractivity contribution in [1.82, 2.24) is 9.38 Å². The van der Waals surface area contributed by atoms with Crippen LogP contribution in [0.2, 0.25) is 0 Å². The highest BCUT2D eigenvalue weighted by atomic mass is 32.1. The Kier molecular flexibility index (Phi) is 3.77. The summed E-state index contributed by atoms with van der Waals surface area (Å²) in [5.74, 6) is -0.436. The Hall–Kier alpha value is -2.47. The van der Waals surface area contributed by atoms with E-state index in [0.717, 1.165) is 21.7 Å². The van der Waals surface area contributed by atoms with Gasteiger partial charge in [0, 0.05) is 22.5 Å². The van der Waals surface area contributed by atoms with Gasteiger partial charge >= 0.3 is 0 Å². The third-order valence-corrected chi connectivity index (χ3v) is 4.98. The van der Waals surface area contributed by atoms with Crippen molar-refractivity contribution in [1.29, 1.82) is 0 Å². The Labute approximate surface area is 137 Å². The smallest absolute Gasteiger partial charge is 0.271 e. The van der Waals surface area contributed by atoms with Crippen LogP contribution in [0.15, 0.2) is 29.2 Å². The molecule has 0 unspecified atom stereocenters. The molecular formula is C17H17N3O2S. The molecule has 0 bridgehead atoms. The van der Waals surface area contributed by atoms with Crippen molar-refractivity contribution in [3.63, 3.8) is 0 Å². The van der Waals surface area contributed by atoms with E-state index < -0.39 is 5.91 Å². The predicted molar refractivity (Wildman–Crippen MR) is 92.7 cm³/mol. The minimum absolute atomic E-state index is 0.0457. The fraction of sp³-hybridized carbons (Fsp3) is 0.235. The summed E-state index contributed by atoms with van der Waals surface area (Å²) in [6.07, 6.45) is 1.35. The van der Waals surface area contributed by atoms with Crippen molar-refractivity contribution in [2.75, 3.05) is 5.32 Å². The molecule has 2 aromatic heterocycles. The maximum absolute atomic E-state index is 12.6. The van der Waals surface area contributed by atoms with E-state index in [1.165, 1.54) is 21.9 Å². The van der Waals surface area contributed by atoms with Crippen LogP contribution >= 0.6 is 11.3 Å². The second kappa shape index (κ2) is 5.62. The van der Waals surface area contributed by atoms with Crippen molar-refractivity contribution in [3.8, 4) is 0 Å². The Balaban J connectivity index is 2.05. The molecule has 3 rings (SSSR count). The summed E-state index contributed by atoms with van der Waals surface area (Å²) in [4.78, 5) is 31.0. The molecule has 23 heavy (non-hydrogen) atoms. The lowest BCUT2D eigenvalue weighted by atomic mass is 10.1. The molecule has 3 aromatic rings. The number of carbonyl (C=O) groups is 1. The summed E-state index contributed by atoms with van der Waals surface area (Å²) in [5.41, 5.74) is 3.23. The number of amides is 1. The van der Waals surface area contributed by atoms with Gasteiger partial charge in [0.2, 0.25) is 0 Å². The van der Waals surface area contributed by atoms with Gasteiger partial charge in [-0.05, 0) is 44.9 Å². The number of fused-ring (bicyclic) bond motifs is 1. The number of benzene rings is 1. The van der Waals surface area contributed by atoms with Gasteiger partial charge in [-0.3, -0.25) is 14.0 Å². The number of hydrogen-bond acceptors (Lipinski definition) is 4. The molecule has 118 valence electrons. The average molecular weight is 327 g/mol. The Morgan fingerprint density at radius 3 is 2.70 bits per heavy atom. The number of carbonyl (C=O) groups excluding carboxylic acids is 1. The van der Waals surface area contributed by atoms with Gasteiger partial charge in [0.15, 0.2) is 4.96 Å². The lowest BCUT2D eigenvalue weighted by molar-refractivity contribution is 0.102. The summed E-state index contributed by atoms with van der Waals surface area (Å²) in [6.45, 7) is 7.66. The normalized spacial score (nSPS) is 11.0. The van der Waals surface area contributed by atoms with E-state index in [2.05, 4.69) is 10.3 Å². The summed E-state index contributed by atoms with van der Waals surface area (Å²) in [6, 6.07) is 5.80. The zero-order chi connectivity index (χ0) is 16.7. The van der Waals surface area contributed by atoms with Crippen LogP contribution in [0.1, 0.15) is 32.1 Å². The van der Waals surface area contributed by atoms with Crippen LogP contribution in [0, 0.1) is 27.7 Å². The number of rotatable bonds is 2.